The summed E-state index contributed by atoms with van der Waals surface area (Å²) in [5.74, 6) is -1.10. The summed E-state index contributed by atoms with van der Waals surface area (Å²) in [5, 5.41) is 10.0. The Hall–Kier alpha value is -1.94. The van der Waals surface area contributed by atoms with Gasteiger partial charge >= 0.3 is 0 Å². The summed E-state index contributed by atoms with van der Waals surface area (Å²) in [6.07, 6.45) is 0. The van der Waals surface area contributed by atoms with Crippen molar-refractivity contribution in [3.63, 3.8) is 0 Å². The number of imide groups is 1. The molecular weight excluding hydrogens is 492 g/mol. The first kappa shape index (κ1) is 19.0. The van der Waals surface area contributed by atoms with Gasteiger partial charge in [-0.3, -0.25) is 9.59 Å². The monoisotopic (exact) mass is 504 g/mol. The third-order valence-corrected chi connectivity index (χ3v) is 8.44. The van der Waals surface area contributed by atoms with Crippen LogP contribution >= 0.6 is 51.2 Å². The molecular formula is C20H13BrN2O3S3. The van der Waals surface area contributed by atoms with Gasteiger partial charge < -0.3 is 10.1 Å². The molecule has 2 aromatic carbocycles. The van der Waals surface area contributed by atoms with E-state index in [1.165, 1.54) is 28.0 Å². The molecule has 2 aliphatic rings. The molecule has 1 aromatic heterocycles. The number of fused-ring (bicyclic) bond motifs is 2. The number of amides is 2. The van der Waals surface area contributed by atoms with Crippen LogP contribution in [-0.4, -0.2) is 27.2 Å². The normalized spacial score (nSPS) is 23.2. The lowest BCUT2D eigenvalue weighted by atomic mass is 9.83. The molecule has 0 bridgehead atoms. The number of nitrogens with one attached hydrogen (secondary N) is 1. The topological polar surface area (TPSA) is 73.4 Å². The summed E-state index contributed by atoms with van der Waals surface area (Å²) in [6.45, 7) is 0. The van der Waals surface area contributed by atoms with Crippen molar-refractivity contribution >= 4 is 68.7 Å². The number of phenols is 1. The van der Waals surface area contributed by atoms with Gasteiger partial charge in [0.2, 0.25) is 11.8 Å². The SMILES string of the molecule is O=C1[C@@H]2[C@@H](c3ccc(O)cc3)c3sc(=S)[nH]c3S[C@@H]2C(=O)N1c1ccc(Br)cc1. The number of thiazole rings is 1. The van der Waals surface area contributed by atoms with Crippen LogP contribution in [0.4, 0.5) is 5.69 Å². The Morgan fingerprint density at radius 2 is 1.72 bits per heavy atom. The van der Waals surface area contributed by atoms with Gasteiger partial charge in [0.05, 0.1) is 16.6 Å². The second kappa shape index (κ2) is 7.09. The second-order valence-corrected chi connectivity index (χ2v) is 10.6. The lowest BCUT2D eigenvalue weighted by molar-refractivity contribution is -0.122. The van der Waals surface area contributed by atoms with Crippen LogP contribution in [0.25, 0.3) is 0 Å². The van der Waals surface area contributed by atoms with Crippen LogP contribution in [0.2, 0.25) is 0 Å². The molecule has 29 heavy (non-hydrogen) atoms. The van der Waals surface area contributed by atoms with Crippen molar-refractivity contribution in [1.82, 2.24) is 4.98 Å². The van der Waals surface area contributed by atoms with E-state index in [-0.39, 0.29) is 23.5 Å². The zero-order chi connectivity index (χ0) is 20.3. The fourth-order valence-corrected chi connectivity index (χ4v) is 7.13. The maximum absolute atomic E-state index is 13.5. The number of carbonyl (C=O) groups excluding carboxylic acids is 2. The minimum atomic E-state index is -0.533. The summed E-state index contributed by atoms with van der Waals surface area (Å²) in [6, 6.07) is 14.0. The number of thioether (sulfide) groups is 1. The fourth-order valence-electron chi connectivity index (χ4n) is 3.90. The quantitative estimate of drug-likeness (QED) is 0.376. The number of rotatable bonds is 2. The third kappa shape index (κ3) is 3.07. The van der Waals surface area contributed by atoms with Crippen LogP contribution in [0.1, 0.15) is 16.4 Å². The van der Waals surface area contributed by atoms with Crippen LogP contribution in [0, 0.1) is 9.87 Å². The number of carbonyl (C=O) groups is 2. The molecule has 0 saturated carbocycles. The molecule has 2 amide bonds. The first-order chi connectivity index (χ1) is 13.9. The van der Waals surface area contributed by atoms with Crippen molar-refractivity contribution < 1.29 is 14.7 Å². The zero-order valence-corrected chi connectivity index (χ0v) is 18.7. The smallest absolute Gasteiger partial charge is 0.248 e. The van der Waals surface area contributed by atoms with Crippen LogP contribution in [0.3, 0.4) is 0 Å². The number of phenolic OH excluding ortho intramolecular Hbond substituents is 1. The number of halogens is 1. The molecule has 0 radical (unpaired) electrons. The van der Waals surface area contributed by atoms with Gasteiger partial charge in [-0.25, -0.2) is 4.90 Å². The maximum atomic E-state index is 13.5. The average molecular weight is 505 g/mol. The van der Waals surface area contributed by atoms with Crippen molar-refractivity contribution in [1.29, 1.82) is 0 Å². The Morgan fingerprint density at radius 3 is 2.41 bits per heavy atom. The van der Waals surface area contributed by atoms with E-state index in [2.05, 4.69) is 20.9 Å². The van der Waals surface area contributed by atoms with Gasteiger partial charge in [0.25, 0.3) is 0 Å². The highest BCUT2D eigenvalue weighted by molar-refractivity contribution is 9.10. The van der Waals surface area contributed by atoms with Crippen molar-refractivity contribution in [2.24, 2.45) is 5.92 Å². The Bertz CT molecular complexity index is 1190. The molecule has 1 fully saturated rings. The highest BCUT2D eigenvalue weighted by Crippen LogP contribution is 2.54. The standard InChI is InChI=1S/C20H13BrN2O3S3/c21-10-3-5-11(6-4-10)23-18(25)14-13(9-1-7-12(24)8-2-9)15-17(22-20(27)29-15)28-16(14)19(23)26/h1-8,13-14,16,24H,(H,22,27)/t13-,14-,16+/m1/s1. The highest BCUT2D eigenvalue weighted by atomic mass is 79.9. The number of H-pyrrole nitrogens is 1. The Morgan fingerprint density at radius 1 is 1.03 bits per heavy atom. The lowest BCUT2D eigenvalue weighted by Crippen LogP contribution is -2.32. The predicted octanol–water partition coefficient (Wildman–Crippen LogP) is 5.07. The van der Waals surface area contributed by atoms with Gasteiger partial charge in [0.1, 0.15) is 11.0 Å². The fraction of sp³-hybridized carbons (Fsp3) is 0.150. The molecule has 146 valence electrons. The Kier molecular flexibility index (Phi) is 4.65. The molecule has 0 unspecified atom stereocenters. The minimum absolute atomic E-state index is 0.155. The molecule has 2 aliphatic heterocycles. The van der Waals surface area contributed by atoms with Gasteiger partial charge in [-0.15, -0.1) is 11.3 Å². The van der Waals surface area contributed by atoms with E-state index in [1.807, 2.05) is 12.1 Å². The molecule has 3 atom stereocenters. The molecule has 3 heterocycles. The molecule has 5 rings (SSSR count). The number of aromatic hydroxyl groups is 1. The molecule has 2 N–H and O–H groups in total. The van der Waals surface area contributed by atoms with E-state index in [0.29, 0.717) is 9.64 Å². The van der Waals surface area contributed by atoms with Crippen molar-refractivity contribution in [2.75, 3.05) is 4.90 Å². The zero-order valence-electron chi connectivity index (χ0n) is 14.7. The van der Waals surface area contributed by atoms with Gasteiger partial charge in [-0.1, -0.05) is 39.8 Å². The summed E-state index contributed by atoms with van der Waals surface area (Å²) in [7, 11) is 0. The first-order valence-corrected chi connectivity index (χ1v) is 11.7. The van der Waals surface area contributed by atoms with Crippen molar-refractivity contribution in [3.05, 3.63) is 67.4 Å². The summed E-state index contributed by atoms with van der Waals surface area (Å²) in [4.78, 5) is 32.2. The number of aromatic amines is 1. The number of aromatic nitrogens is 1. The largest absolute Gasteiger partial charge is 0.508 e. The molecule has 3 aromatic rings. The summed E-state index contributed by atoms with van der Waals surface area (Å²) < 4.78 is 1.50. The Labute approximate surface area is 187 Å². The van der Waals surface area contributed by atoms with E-state index in [9.17, 15) is 14.7 Å². The van der Waals surface area contributed by atoms with Crippen molar-refractivity contribution in [2.45, 2.75) is 16.2 Å². The highest BCUT2D eigenvalue weighted by Gasteiger charge is 2.56. The molecule has 5 nitrogen and oxygen atoms in total. The van der Waals surface area contributed by atoms with E-state index >= 15 is 0 Å². The lowest BCUT2D eigenvalue weighted by Gasteiger charge is -2.29. The number of hydrogen-bond acceptors (Lipinski definition) is 6. The summed E-state index contributed by atoms with van der Waals surface area (Å²) in [5.41, 5.74) is 1.45. The third-order valence-electron chi connectivity index (χ3n) is 5.16. The maximum Gasteiger partial charge on any atom is 0.248 e. The van der Waals surface area contributed by atoms with Crippen LogP contribution in [0.5, 0.6) is 5.75 Å². The first-order valence-electron chi connectivity index (χ1n) is 8.76. The van der Waals surface area contributed by atoms with Gasteiger partial charge in [-0.05, 0) is 54.2 Å². The minimum Gasteiger partial charge on any atom is -0.508 e. The van der Waals surface area contributed by atoms with Crippen LogP contribution in [0.15, 0.2) is 58.0 Å². The molecule has 9 heteroatoms. The predicted molar refractivity (Wildman–Crippen MR) is 119 cm³/mol. The number of anilines is 1. The molecule has 0 aliphatic carbocycles. The van der Waals surface area contributed by atoms with E-state index in [0.717, 1.165) is 19.9 Å². The van der Waals surface area contributed by atoms with Crippen LogP contribution < -0.4 is 4.90 Å². The van der Waals surface area contributed by atoms with E-state index < -0.39 is 11.2 Å². The van der Waals surface area contributed by atoms with E-state index in [4.69, 9.17) is 12.2 Å². The van der Waals surface area contributed by atoms with Gasteiger partial charge in [0, 0.05) is 15.3 Å². The van der Waals surface area contributed by atoms with Gasteiger partial charge in [0.15, 0.2) is 3.95 Å². The Balaban J connectivity index is 1.64. The van der Waals surface area contributed by atoms with E-state index in [1.54, 1.807) is 36.4 Å². The molecule has 1 saturated heterocycles. The summed E-state index contributed by atoms with van der Waals surface area (Å²) >= 11 is 11.5. The number of nitrogens with zero attached hydrogens (tertiary/aromatic N) is 1. The van der Waals surface area contributed by atoms with Crippen molar-refractivity contribution in [3.8, 4) is 5.75 Å². The van der Waals surface area contributed by atoms with Gasteiger partial charge in [-0.2, -0.15) is 0 Å². The number of benzene rings is 2. The molecule has 0 spiro atoms. The van der Waals surface area contributed by atoms with Crippen LogP contribution in [-0.2, 0) is 9.59 Å². The second-order valence-electron chi connectivity index (χ2n) is 6.83. The average Bonchev–Trinajstić information content (AvgIpc) is 3.19. The number of hydrogen-bond donors (Lipinski definition) is 2.